The summed E-state index contributed by atoms with van der Waals surface area (Å²) in [5.41, 5.74) is 0.514. The summed E-state index contributed by atoms with van der Waals surface area (Å²) in [7, 11) is 0. The Morgan fingerprint density at radius 3 is 2.61 bits per heavy atom. The van der Waals surface area contributed by atoms with Crippen molar-refractivity contribution < 1.29 is 19.1 Å². The first-order valence-corrected chi connectivity index (χ1v) is 7.14. The monoisotopic (exact) mass is 310 g/mol. The Balaban J connectivity index is 2.37. The third-order valence-corrected chi connectivity index (χ3v) is 3.40. The largest absolute Gasteiger partial charge is 0.508 e. The molecule has 0 unspecified atom stereocenters. The summed E-state index contributed by atoms with van der Waals surface area (Å²) >= 11 is 0. The smallest absolute Gasteiger partial charge is 0.375 e. The molecule has 116 valence electrons. The minimum absolute atomic E-state index is 0.0529. The van der Waals surface area contributed by atoms with Crippen molar-refractivity contribution in [2.24, 2.45) is 0 Å². The number of esters is 1. The summed E-state index contributed by atoms with van der Waals surface area (Å²) < 4.78 is 10.6. The molecule has 0 bridgehead atoms. The second-order valence-electron chi connectivity index (χ2n) is 4.90. The van der Waals surface area contributed by atoms with Crippen LogP contribution in [0.3, 0.4) is 0 Å². The molecule has 0 atom stereocenters. The zero-order valence-electron chi connectivity index (χ0n) is 12.4. The fourth-order valence-electron chi connectivity index (χ4n) is 2.39. The molecule has 3 aromatic rings. The quantitative estimate of drug-likeness (QED) is 0.751. The number of carbonyl (C=O) groups is 1. The topological polar surface area (TPSA) is 76.7 Å². The molecule has 0 aliphatic carbocycles. The lowest BCUT2D eigenvalue weighted by Gasteiger charge is -2.09. The van der Waals surface area contributed by atoms with Crippen LogP contribution < -0.4 is 5.43 Å². The molecule has 0 saturated heterocycles. The van der Waals surface area contributed by atoms with Gasteiger partial charge >= 0.3 is 5.97 Å². The Labute approximate surface area is 131 Å². The lowest BCUT2D eigenvalue weighted by molar-refractivity contribution is 0.0492. The van der Waals surface area contributed by atoms with Crippen molar-refractivity contribution in [3.63, 3.8) is 0 Å². The van der Waals surface area contributed by atoms with Crippen LogP contribution in [-0.4, -0.2) is 17.7 Å². The van der Waals surface area contributed by atoms with E-state index in [2.05, 4.69) is 0 Å². The normalized spacial score (nSPS) is 10.7. The molecule has 1 N–H and O–H groups in total. The summed E-state index contributed by atoms with van der Waals surface area (Å²) in [6.45, 7) is 1.83. The molecule has 0 amide bonds. The molecule has 5 nitrogen and oxygen atoms in total. The molecule has 0 radical (unpaired) electrons. The maximum atomic E-state index is 12.8. The Morgan fingerprint density at radius 1 is 1.17 bits per heavy atom. The lowest BCUT2D eigenvalue weighted by Crippen LogP contribution is -2.14. The molecule has 0 fully saturated rings. The van der Waals surface area contributed by atoms with Gasteiger partial charge in [-0.1, -0.05) is 30.3 Å². The minimum Gasteiger partial charge on any atom is -0.508 e. The van der Waals surface area contributed by atoms with Crippen molar-refractivity contribution in [1.29, 1.82) is 0 Å². The molecule has 5 heteroatoms. The van der Waals surface area contributed by atoms with Crippen LogP contribution >= 0.6 is 0 Å². The van der Waals surface area contributed by atoms with Gasteiger partial charge in [0.05, 0.1) is 17.6 Å². The van der Waals surface area contributed by atoms with E-state index in [1.54, 1.807) is 31.2 Å². The highest BCUT2D eigenvalue weighted by molar-refractivity contribution is 5.97. The number of fused-ring (bicyclic) bond motifs is 1. The lowest BCUT2D eigenvalue weighted by atomic mass is 10.0. The zero-order chi connectivity index (χ0) is 16.4. The van der Waals surface area contributed by atoms with Gasteiger partial charge in [-0.05, 0) is 24.6 Å². The number of rotatable bonds is 3. The number of phenolic OH excluding ortho intramolecular Hbond substituents is 1. The van der Waals surface area contributed by atoms with Crippen molar-refractivity contribution in [2.75, 3.05) is 6.61 Å². The van der Waals surface area contributed by atoms with E-state index in [1.165, 1.54) is 18.2 Å². The SMILES string of the molecule is CCOC(=O)c1oc2cc(O)ccc2c(=O)c1-c1ccccc1. The van der Waals surface area contributed by atoms with Crippen LogP contribution in [0.1, 0.15) is 17.5 Å². The van der Waals surface area contributed by atoms with Gasteiger partial charge in [0.15, 0.2) is 0 Å². The van der Waals surface area contributed by atoms with Gasteiger partial charge in [0.25, 0.3) is 0 Å². The predicted octanol–water partition coefficient (Wildman–Crippen LogP) is 3.34. The van der Waals surface area contributed by atoms with Gasteiger partial charge in [0, 0.05) is 6.07 Å². The van der Waals surface area contributed by atoms with Crippen molar-refractivity contribution >= 4 is 16.9 Å². The van der Waals surface area contributed by atoms with E-state index >= 15 is 0 Å². The number of carbonyl (C=O) groups excluding carboxylic acids is 1. The molecule has 0 spiro atoms. The maximum absolute atomic E-state index is 12.8. The van der Waals surface area contributed by atoms with E-state index < -0.39 is 5.97 Å². The van der Waals surface area contributed by atoms with Crippen molar-refractivity contribution in [3.05, 3.63) is 64.5 Å². The molecule has 1 heterocycles. The number of ether oxygens (including phenoxy) is 1. The Bertz CT molecular complexity index is 925. The first-order valence-electron chi connectivity index (χ1n) is 7.14. The molecule has 23 heavy (non-hydrogen) atoms. The van der Waals surface area contributed by atoms with Crippen molar-refractivity contribution in [3.8, 4) is 16.9 Å². The Hall–Kier alpha value is -3.08. The van der Waals surface area contributed by atoms with Gasteiger partial charge in [-0.3, -0.25) is 4.79 Å². The Kier molecular flexibility index (Phi) is 3.85. The number of benzene rings is 2. The summed E-state index contributed by atoms with van der Waals surface area (Å²) in [6.07, 6.45) is 0. The van der Waals surface area contributed by atoms with Crippen LogP contribution in [-0.2, 0) is 4.74 Å². The van der Waals surface area contributed by atoms with Crippen LogP contribution in [0.25, 0.3) is 22.1 Å². The summed E-state index contributed by atoms with van der Waals surface area (Å²) in [5, 5.41) is 9.85. The number of hydrogen-bond donors (Lipinski definition) is 1. The first-order chi connectivity index (χ1) is 11.1. The second kappa shape index (κ2) is 5.96. The zero-order valence-corrected chi connectivity index (χ0v) is 12.4. The minimum atomic E-state index is -0.714. The van der Waals surface area contributed by atoms with Gasteiger partial charge in [-0.2, -0.15) is 0 Å². The third-order valence-electron chi connectivity index (χ3n) is 3.40. The molecular weight excluding hydrogens is 296 g/mol. The number of phenols is 1. The van der Waals surface area contributed by atoms with Crippen LogP contribution in [0.4, 0.5) is 0 Å². The van der Waals surface area contributed by atoms with E-state index in [0.717, 1.165) is 0 Å². The summed E-state index contributed by atoms with van der Waals surface area (Å²) in [4.78, 5) is 25.0. The summed E-state index contributed by atoms with van der Waals surface area (Å²) in [6, 6.07) is 13.0. The van der Waals surface area contributed by atoms with Gasteiger partial charge in [0.1, 0.15) is 11.3 Å². The fraction of sp³-hybridized carbons (Fsp3) is 0.111. The van der Waals surface area contributed by atoms with Gasteiger partial charge in [0.2, 0.25) is 11.2 Å². The number of aromatic hydroxyl groups is 1. The van der Waals surface area contributed by atoms with Gasteiger partial charge < -0.3 is 14.3 Å². The molecule has 0 aliphatic heterocycles. The molecule has 1 aromatic heterocycles. The van der Waals surface area contributed by atoms with Crippen LogP contribution in [0.15, 0.2) is 57.7 Å². The standard InChI is InChI=1S/C18H14O5/c1-2-22-18(21)17-15(11-6-4-3-5-7-11)16(20)13-9-8-12(19)10-14(13)23-17/h3-10,19H,2H2,1H3. The van der Waals surface area contributed by atoms with E-state index in [0.29, 0.717) is 5.56 Å². The van der Waals surface area contributed by atoms with E-state index in [1.807, 2.05) is 6.07 Å². The summed E-state index contributed by atoms with van der Waals surface area (Å²) in [5.74, 6) is -0.933. The van der Waals surface area contributed by atoms with Crippen molar-refractivity contribution in [2.45, 2.75) is 6.92 Å². The molecule has 0 aliphatic rings. The molecule has 2 aromatic carbocycles. The highest BCUT2D eigenvalue weighted by Crippen LogP contribution is 2.27. The van der Waals surface area contributed by atoms with Crippen molar-refractivity contribution in [1.82, 2.24) is 0 Å². The van der Waals surface area contributed by atoms with Crippen LogP contribution in [0.5, 0.6) is 5.75 Å². The van der Waals surface area contributed by atoms with Crippen LogP contribution in [0, 0.1) is 0 Å². The highest BCUT2D eigenvalue weighted by atomic mass is 16.5. The third kappa shape index (κ3) is 2.68. The molecule has 3 rings (SSSR count). The predicted molar refractivity (Wildman–Crippen MR) is 85.5 cm³/mol. The van der Waals surface area contributed by atoms with Gasteiger partial charge in [-0.25, -0.2) is 4.79 Å². The molecule has 0 saturated carbocycles. The highest BCUT2D eigenvalue weighted by Gasteiger charge is 2.22. The molecular formula is C18H14O5. The second-order valence-corrected chi connectivity index (χ2v) is 4.90. The van der Waals surface area contributed by atoms with Crippen LogP contribution in [0.2, 0.25) is 0 Å². The first kappa shape index (κ1) is 14.8. The van der Waals surface area contributed by atoms with E-state index in [9.17, 15) is 14.7 Å². The average Bonchev–Trinajstić information content (AvgIpc) is 2.55. The fourth-order valence-corrected chi connectivity index (χ4v) is 2.39. The number of hydrogen-bond acceptors (Lipinski definition) is 5. The van der Waals surface area contributed by atoms with Gasteiger partial charge in [-0.15, -0.1) is 0 Å². The average molecular weight is 310 g/mol. The maximum Gasteiger partial charge on any atom is 0.375 e. The Morgan fingerprint density at radius 2 is 1.91 bits per heavy atom. The van der Waals surface area contributed by atoms with E-state index in [-0.39, 0.29) is 40.1 Å². The van der Waals surface area contributed by atoms with E-state index in [4.69, 9.17) is 9.15 Å².